The quantitative estimate of drug-likeness (QED) is 0.784. The highest BCUT2D eigenvalue weighted by Gasteiger charge is 2.17. The van der Waals surface area contributed by atoms with Gasteiger partial charge in [0.2, 0.25) is 5.91 Å². The highest BCUT2D eigenvalue weighted by atomic mass is 16.5. The number of ether oxygens (including phenoxy) is 1. The van der Waals surface area contributed by atoms with Gasteiger partial charge in [-0.1, -0.05) is 37.3 Å². The minimum atomic E-state index is -0.0849. The molecule has 1 saturated heterocycles. The molecule has 1 aromatic carbocycles. The highest BCUT2D eigenvalue weighted by molar-refractivity contribution is 5.75. The van der Waals surface area contributed by atoms with Crippen LogP contribution in [0.3, 0.4) is 0 Å². The Balaban J connectivity index is 1.49. The molecular formula is C17H24N6O2. The van der Waals surface area contributed by atoms with E-state index in [0.717, 1.165) is 26.3 Å². The third-order valence-corrected chi connectivity index (χ3v) is 4.34. The van der Waals surface area contributed by atoms with E-state index in [2.05, 4.69) is 44.8 Å². The maximum absolute atomic E-state index is 12.2. The summed E-state index contributed by atoms with van der Waals surface area (Å²) in [6.07, 6.45) is 0. The van der Waals surface area contributed by atoms with Crippen LogP contribution < -0.4 is 5.32 Å². The van der Waals surface area contributed by atoms with Crippen LogP contribution in [0.15, 0.2) is 30.3 Å². The molecule has 134 valence electrons. The number of tetrazole rings is 1. The molecule has 0 aliphatic carbocycles. The Morgan fingerprint density at radius 1 is 1.28 bits per heavy atom. The topological polar surface area (TPSA) is 85.2 Å². The van der Waals surface area contributed by atoms with Gasteiger partial charge in [-0.2, -0.15) is 0 Å². The molecule has 25 heavy (non-hydrogen) atoms. The van der Waals surface area contributed by atoms with E-state index in [1.807, 2.05) is 18.2 Å². The van der Waals surface area contributed by atoms with Crippen molar-refractivity contribution >= 4 is 5.91 Å². The molecule has 1 aliphatic rings. The predicted molar refractivity (Wildman–Crippen MR) is 91.8 cm³/mol. The van der Waals surface area contributed by atoms with Crippen LogP contribution in [0, 0.1) is 0 Å². The fraction of sp³-hybridized carbons (Fsp3) is 0.529. The number of nitrogens with zero attached hydrogens (tertiary/aromatic N) is 5. The van der Waals surface area contributed by atoms with E-state index in [9.17, 15) is 4.79 Å². The number of hydrogen-bond donors (Lipinski definition) is 1. The van der Waals surface area contributed by atoms with Crippen molar-refractivity contribution in [3.05, 3.63) is 41.7 Å². The maximum atomic E-state index is 12.2. The van der Waals surface area contributed by atoms with Gasteiger partial charge < -0.3 is 10.1 Å². The Morgan fingerprint density at radius 3 is 2.80 bits per heavy atom. The van der Waals surface area contributed by atoms with Gasteiger partial charge in [-0.25, -0.2) is 4.68 Å². The SMILES string of the molecule is C[C@H](CNC(=O)Cn1nnnc1CN1CCOCC1)c1ccccc1. The molecule has 1 N–H and O–H groups in total. The second-order valence-electron chi connectivity index (χ2n) is 6.26. The Bertz CT molecular complexity index is 669. The van der Waals surface area contributed by atoms with Crippen LogP contribution in [0.2, 0.25) is 0 Å². The number of rotatable bonds is 7. The van der Waals surface area contributed by atoms with Gasteiger partial charge in [0.05, 0.1) is 19.8 Å². The van der Waals surface area contributed by atoms with E-state index >= 15 is 0 Å². The lowest BCUT2D eigenvalue weighted by Gasteiger charge is -2.25. The molecule has 8 heteroatoms. The number of amides is 1. The normalized spacial score (nSPS) is 16.5. The van der Waals surface area contributed by atoms with Crippen molar-refractivity contribution < 1.29 is 9.53 Å². The molecule has 3 rings (SSSR count). The Kier molecular flexibility index (Phi) is 6.08. The van der Waals surface area contributed by atoms with Gasteiger partial charge in [0, 0.05) is 19.6 Å². The standard InChI is InChI=1S/C17H24N6O2/c1-14(15-5-3-2-4-6-15)11-18-17(24)13-23-16(19-20-21-23)12-22-7-9-25-10-8-22/h2-6,14H,7-13H2,1H3,(H,18,24)/t14-/m1/s1. The molecule has 1 aromatic heterocycles. The maximum Gasteiger partial charge on any atom is 0.241 e. The van der Waals surface area contributed by atoms with Crippen molar-refractivity contribution in [3.63, 3.8) is 0 Å². The molecule has 0 unspecified atom stereocenters. The summed E-state index contributed by atoms with van der Waals surface area (Å²) in [6.45, 7) is 6.60. The molecule has 0 radical (unpaired) electrons. The van der Waals surface area contributed by atoms with E-state index in [4.69, 9.17) is 4.74 Å². The van der Waals surface area contributed by atoms with E-state index in [-0.39, 0.29) is 18.4 Å². The van der Waals surface area contributed by atoms with Crippen molar-refractivity contribution in [2.24, 2.45) is 0 Å². The average molecular weight is 344 g/mol. The number of carbonyl (C=O) groups is 1. The third kappa shape index (κ3) is 5.07. The first-order chi connectivity index (χ1) is 12.2. The molecule has 2 heterocycles. The van der Waals surface area contributed by atoms with E-state index < -0.39 is 0 Å². The van der Waals surface area contributed by atoms with Crippen LogP contribution in [-0.4, -0.2) is 63.9 Å². The molecular weight excluding hydrogens is 320 g/mol. The van der Waals surface area contributed by atoms with Crippen LogP contribution in [-0.2, 0) is 22.6 Å². The minimum absolute atomic E-state index is 0.0849. The van der Waals surface area contributed by atoms with Crippen LogP contribution in [0.4, 0.5) is 0 Å². The van der Waals surface area contributed by atoms with Gasteiger partial charge in [0.1, 0.15) is 6.54 Å². The molecule has 2 aromatic rings. The Hall–Kier alpha value is -2.32. The number of aromatic nitrogens is 4. The monoisotopic (exact) mass is 344 g/mol. The van der Waals surface area contributed by atoms with Crippen LogP contribution in [0.5, 0.6) is 0 Å². The summed E-state index contributed by atoms with van der Waals surface area (Å²) in [5.41, 5.74) is 1.21. The number of hydrogen-bond acceptors (Lipinski definition) is 6. The molecule has 0 spiro atoms. The van der Waals surface area contributed by atoms with E-state index in [1.165, 1.54) is 5.56 Å². The summed E-state index contributed by atoms with van der Waals surface area (Å²) in [5.74, 6) is 0.873. The lowest BCUT2D eigenvalue weighted by molar-refractivity contribution is -0.122. The molecule has 0 saturated carbocycles. The fourth-order valence-corrected chi connectivity index (χ4v) is 2.78. The zero-order chi connectivity index (χ0) is 17.5. The zero-order valence-electron chi connectivity index (χ0n) is 14.5. The van der Waals surface area contributed by atoms with Crippen molar-refractivity contribution in [2.75, 3.05) is 32.8 Å². The number of nitrogens with one attached hydrogen (secondary N) is 1. The summed E-state index contributed by atoms with van der Waals surface area (Å²) in [6, 6.07) is 10.1. The second-order valence-corrected chi connectivity index (χ2v) is 6.26. The average Bonchev–Trinajstić information content (AvgIpc) is 3.08. The van der Waals surface area contributed by atoms with Crippen LogP contribution in [0.25, 0.3) is 0 Å². The lowest BCUT2D eigenvalue weighted by atomic mass is 10.0. The highest BCUT2D eigenvalue weighted by Crippen LogP contribution is 2.13. The summed E-state index contributed by atoms with van der Waals surface area (Å²) in [5, 5.41) is 14.7. The Morgan fingerprint density at radius 2 is 2.04 bits per heavy atom. The molecule has 8 nitrogen and oxygen atoms in total. The van der Waals surface area contributed by atoms with Crippen LogP contribution >= 0.6 is 0 Å². The number of morpholine rings is 1. The first kappa shape index (κ1) is 17.5. The first-order valence-electron chi connectivity index (χ1n) is 8.59. The molecule has 0 bridgehead atoms. The van der Waals surface area contributed by atoms with Gasteiger partial charge in [-0.15, -0.1) is 5.10 Å². The summed E-state index contributed by atoms with van der Waals surface area (Å²) >= 11 is 0. The van der Waals surface area contributed by atoms with Crippen molar-refractivity contribution in [3.8, 4) is 0 Å². The summed E-state index contributed by atoms with van der Waals surface area (Å²) in [4.78, 5) is 14.5. The zero-order valence-corrected chi connectivity index (χ0v) is 14.5. The van der Waals surface area contributed by atoms with Crippen LogP contribution in [0.1, 0.15) is 24.2 Å². The molecule has 1 aliphatic heterocycles. The van der Waals surface area contributed by atoms with Gasteiger partial charge in [-0.05, 0) is 21.9 Å². The van der Waals surface area contributed by atoms with Gasteiger partial charge in [0.25, 0.3) is 0 Å². The lowest BCUT2D eigenvalue weighted by Crippen LogP contribution is -2.37. The smallest absolute Gasteiger partial charge is 0.241 e. The number of carbonyl (C=O) groups excluding carboxylic acids is 1. The molecule has 1 atom stereocenters. The largest absolute Gasteiger partial charge is 0.379 e. The summed E-state index contributed by atoms with van der Waals surface area (Å²) < 4.78 is 6.91. The summed E-state index contributed by atoms with van der Waals surface area (Å²) in [7, 11) is 0. The van der Waals surface area contributed by atoms with Crippen molar-refractivity contribution in [2.45, 2.75) is 25.9 Å². The first-order valence-corrected chi connectivity index (χ1v) is 8.59. The minimum Gasteiger partial charge on any atom is -0.379 e. The fourth-order valence-electron chi connectivity index (χ4n) is 2.78. The molecule has 1 amide bonds. The van der Waals surface area contributed by atoms with Crippen molar-refractivity contribution in [1.29, 1.82) is 0 Å². The second kappa shape index (κ2) is 8.68. The Labute approximate surface area is 147 Å². The van der Waals surface area contributed by atoms with Gasteiger partial charge in [0.15, 0.2) is 5.82 Å². The van der Waals surface area contributed by atoms with Crippen molar-refractivity contribution in [1.82, 2.24) is 30.4 Å². The van der Waals surface area contributed by atoms with Gasteiger partial charge >= 0.3 is 0 Å². The molecule has 1 fully saturated rings. The van der Waals surface area contributed by atoms with Gasteiger partial charge in [-0.3, -0.25) is 9.69 Å². The van der Waals surface area contributed by atoms with E-state index in [0.29, 0.717) is 18.9 Å². The van der Waals surface area contributed by atoms with E-state index in [1.54, 1.807) is 4.68 Å². The number of benzene rings is 1. The predicted octanol–water partition coefficient (Wildman–Crippen LogP) is 0.425. The third-order valence-electron chi connectivity index (χ3n) is 4.34.